The molecular formula is C40H42N10O15S5. The fourth-order valence-corrected chi connectivity index (χ4v) is 9.29. The van der Waals surface area contributed by atoms with E-state index < -0.39 is 71.9 Å². The second kappa shape index (κ2) is 21.2. The van der Waals surface area contributed by atoms with Crippen LogP contribution in [0.15, 0.2) is 106 Å². The highest BCUT2D eigenvalue weighted by Crippen LogP contribution is 2.27. The molecule has 70 heavy (non-hydrogen) atoms. The van der Waals surface area contributed by atoms with E-state index in [-0.39, 0.29) is 83.1 Å². The van der Waals surface area contributed by atoms with Crippen LogP contribution < -0.4 is 20.4 Å². The van der Waals surface area contributed by atoms with Crippen LogP contribution in [-0.4, -0.2) is 133 Å². The molecule has 25 nitrogen and oxygen atoms in total. The number of hydrogen-bond acceptors (Lipinski definition) is 20. The van der Waals surface area contributed by atoms with Crippen LogP contribution >= 0.6 is 0 Å². The predicted octanol–water partition coefficient (Wildman–Crippen LogP) is 3.28. The van der Waals surface area contributed by atoms with Gasteiger partial charge in [-0.3, -0.25) is 22.8 Å². The fourth-order valence-electron chi connectivity index (χ4n) is 6.30. The summed E-state index contributed by atoms with van der Waals surface area (Å²) in [4.78, 5) is 27.4. The van der Waals surface area contributed by atoms with Gasteiger partial charge in [0.05, 0.1) is 21.3 Å². The van der Waals surface area contributed by atoms with E-state index >= 15 is 0 Å². The summed E-state index contributed by atoms with van der Waals surface area (Å²) in [5.41, 5.74) is 1.59. The van der Waals surface area contributed by atoms with Crippen molar-refractivity contribution in [3.05, 3.63) is 125 Å². The Labute approximate surface area is 402 Å². The van der Waals surface area contributed by atoms with E-state index in [1.807, 2.05) is 0 Å². The minimum atomic E-state index is -4.88. The maximum atomic E-state index is 12.7. The SMILES string of the molecule is CN(CCS(=O)(=O)O)c1nc(Cc2cccc(S(=O)(=O)O)c2)nc(Nc2ccc(/C=C/c3ccc(Nc4nc(Cc5ccccc5S(=O)(=O)O)nc(N(C)CCS(=O)(=O)O)n4)cc3S(=O)(=O)O)cc2)n1. The van der Waals surface area contributed by atoms with Crippen LogP contribution in [0, 0.1) is 0 Å². The van der Waals surface area contributed by atoms with E-state index in [1.165, 1.54) is 84.6 Å². The van der Waals surface area contributed by atoms with E-state index in [0.717, 1.165) is 6.07 Å². The highest BCUT2D eigenvalue weighted by molar-refractivity contribution is 7.86. The van der Waals surface area contributed by atoms with Crippen LogP contribution in [0.5, 0.6) is 0 Å². The van der Waals surface area contributed by atoms with Crippen molar-refractivity contribution < 1.29 is 64.9 Å². The molecule has 7 N–H and O–H groups in total. The third kappa shape index (κ3) is 15.4. The van der Waals surface area contributed by atoms with Gasteiger partial charge in [-0.15, -0.1) is 0 Å². The van der Waals surface area contributed by atoms with Gasteiger partial charge in [0.15, 0.2) is 0 Å². The zero-order valence-corrected chi connectivity index (χ0v) is 40.6. The molecule has 0 saturated heterocycles. The zero-order chi connectivity index (χ0) is 51.2. The number of rotatable bonds is 21. The lowest BCUT2D eigenvalue weighted by Crippen LogP contribution is -2.27. The average molecular weight is 1060 g/mol. The molecule has 0 aliphatic rings. The van der Waals surface area contributed by atoms with Crippen LogP contribution in [0.25, 0.3) is 12.2 Å². The Kier molecular flexibility index (Phi) is 16.0. The molecule has 0 fully saturated rings. The molecule has 2 aromatic heterocycles. The molecule has 0 unspecified atom stereocenters. The summed E-state index contributed by atoms with van der Waals surface area (Å²) >= 11 is 0. The van der Waals surface area contributed by atoms with Crippen molar-refractivity contribution in [2.45, 2.75) is 27.5 Å². The molecular weight excluding hydrogens is 1020 g/mol. The van der Waals surface area contributed by atoms with Gasteiger partial charge in [-0.25, -0.2) is 0 Å². The van der Waals surface area contributed by atoms with Gasteiger partial charge in [0, 0.05) is 51.4 Å². The summed E-state index contributed by atoms with van der Waals surface area (Å²) in [6.07, 6.45) is 2.64. The molecule has 0 aliphatic heterocycles. The first-order valence-electron chi connectivity index (χ1n) is 20.0. The molecule has 0 saturated carbocycles. The van der Waals surface area contributed by atoms with E-state index in [4.69, 9.17) is 0 Å². The average Bonchev–Trinajstić information content (AvgIpc) is 3.26. The summed E-state index contributed by atoms with van der Waals surface area (Å²) in [6.45, 7) is -0.497. The van der Waals surface area contributed by atoms with Gasteiger partial charge in [0.25, 0.3) is 50.6 Å². The lowest BCUT2D eigenvalue weighted by atomic mass is 10.1. The van der Waals surface area contributed by atoms with Gasteiger partial charge in [-0.1, -0.05) is 60.7 Å². The maximum absolute atomic E-state index is 12.7. The molecule has 6 rings (SSSR count). The van der Waals surface area contributed by atoms with Gasteiger partial charge in [0.1, 0.15) is 16.5 Å². The van der Waals surface area contributed by atoms with Gasteiger partial charge >= 0.3 is 0 Å². The van der Waals surface area contributed by atoms with Crippen LogP contribution in [0.1, 0.15) is 33.9 Å². The first-order chi connectivity index (χ1) is 32.6. The molecule has 0 amide bonds. The standard InChI is InChI=1S/C40H42N10O15S5/c1-49(18-20-66(51,52)53)39-45-35(23-27-6-5-8-32(22-27)68(57,58)59)43-37(47-39)41-30-15-11-26(12-16-30)10-13-28-14-17-31(25-34(28)70(63,64)65)42-38-44-36(24-29-7-3-4-9-33(29)69(60,61)62)46-40(48-38)50(2)19-21-67(54,55)56/h3-17,22,25H,18-21,23-24H2,1-2H3,(H,51,52,53)(H,54,55,56)(H,57,58,59)(H,60,61,62)(H,63,64,65)(H,41,43,45,47)(H,42,44,46,48)/b13-10+. The molecule has 2 heterocycles. The molecule has 4 aromatic carbocycles. The molecule has 6 aromatic rings. The van der Waals surface area contributed by atoms with E-state index in [9.17, 15) is 64.9 Å². The van der Waals surface area contributed by atoms with Crippen LogP contribution in [-0.2, 0) is 63.4 Å². The topological polar surface area (TPSA) is 380 Å². The number of anilines is 6. The van der Waals surface area contributed by atoms with Crippen molar-refractivity contribution in [1.29, 1.82) is 0 Å². The lowest BCUT2D eigenvalue weighted by Gasteiger charge is -2.18. The van der Waals surface area contributed by atoms with Gasteiger partial charge in [-0.05, 0) is 64.7 Å². The Morgan fingerprint density at radius 2 is 1.04 bits per heavy atom. The monoisotopic (exact) mass is 1060 g/mol. The van der Waals surface area contributed by atoms with Crippen molar-refractivity contribution >= 4 is 97.9 Å². The quantitative estimate of drug-likeness (QED) is 0.0401. The third-order valence-corrected chi connectivity index (χ3v) is 13.8. The first kappa shape index (κ1) is 52.8. The molecule has 372 valence electrons. The van der Waals surface area contributed by atoms with Crippen LogP contribution in [0.2, 0.25) is 0 Å². The Morgan fingerprint density at radius 3 is 1.59 bits per heavy atom. The van der Waals surface area contributed by atoms with E-state index in [1.54, 1.807) is 36.4 Å². The second-order valence-corrected chi connectivity index (χ2v) is 22.5. The van der Waals surface area contributed by atoms with Crippen LogP contribution in [0.3, 0.4) is 0 Å². The van der Waals surface area contributed by atoms with Crippen molar-refractivity contribution in [3.63, 3.8) is 0 Å². The highest BCUT2D eigenvalue weighted by atomic mass is 32.2. The lowest BCUT2D eigenvalue weighted by molar-refractivity contribution is 0.480. The smallest absolute Gasteiger partial charge is 0.295 e. The predicted molar refractivity (Wildman–Crippen MR) is 255 cm³/mol. The van der Waals surface area contributed by atoms with Gasteiger partial charge in [0.2, 0.25) is 23.8 Å². The molecule has 0 spiro atoms. The Bertz CT molecular complexity index is 3530. The summed E-state index contributed by atoms with van der Waals surface area (Å²) in [6, 6.07) is 21.3. The number of aromatic nitrogens is 6. The molecule has 0 aliphatic carbocycles. The third-order valence-electron chi connectivity index (χ3n) is 9.72. The fraction of sp³-hybridized carbons (Fsp3) is 0.200. The molecule has 30 heteroatoms. The van der Waals surface area contributed by atoms with Crippen molar-refractivity contribution in [1.82, 2.24) is 29.9 Å². The number of nitrogens with one attached hydrogen (secondary N) is 2. The minimum Gasteiger partial charge on any atom is -0.343 e. The molecule has 0 bridgehead atoms. The Morgan fingerprint density at radius 1 is 0.514 bits per heavy atom. The van der Waals surface area contributed by atoms with Gasteiger partial charge < -0.3 is 20.4 Å². The summed E-state index contributed by atoms with van der Waals surface area (Å²) in [7, 11) is -19.9. The number of benzene rings is 4. The second-order valence-electron chi connectivity index (χ2n) is 15.2. The first-order valence-corrected chi connectivity index (χ1v) is 27.5. The number of hydrogen-bond donors (Lipinski definition) is 7. The molecule has 0 atom stereocenters. The maximum Gasteiger partial charge on any atom is 0.295 e. The van der Waals surface area contributed by atoms with Crippen molar-refractivity contribution in [3.8, 4) is 0 Å². The molecule has 0 radical (unpaired) electrons. The number of nitrogens with zero attached hydrogens (tertiary/aromatic N) is 8. The van der Waals surface area contributed by atoms with Crippen LogP contribution in [0.4, 0.5) is 35.2 Å². The Hall–Kier alpha value is -6.61. The van der Waals surface area contributed by atoms with E-state index in [2.05, 4.69) is 40.5 Å². The van der Waals surface area contributed by atoms with E-state index in [0.29, 0.717) is 16.8 Å². The van der Waals surface area contributed by atoms with Crippen molar-refractivity contribution in [2.24, 2.45) is 0 Å². The Balaban J connectivity index is 1.24. The van der Waals surface area contributed by atoms with Gasteiger partial charge in [-0.2, -0.15) is 72.0 Å². The summed E-state index contributed by atoms with van der Waals surface area (Å²) in [5.74, 6) is -1.65. The highest BCUT2D eigenvalue weighted by Gasteiger charge is 2.21. The summed E-state index contributed by atoms with van der Waals surface area (Å²) < 4.78 is 167. The normalized spacial score (nSPS) is 12.5. The zero-order valence-electron chi connectivity index (χ0n) is 36.5. The summed E-state index contributed by atoms with van der Waals surface area (Å²) in [5, 5.41) is 5.83. The largest absolute Gasteiger partial charge is 0.343 e. The minimum absolute atomic E-state index is 0.00148. The van der Waals surface area contributed by atoms with Crippen molar-refractivity contribution in [2.75, 3.05) is 59.1 Å².